The number of amides is 3. The van der Waals surface area contributed by atoms with Crippen LogP contribution in [0, 0.1) is 5.82 Å². The molecule has 0 bridgehead atoms. The zero-order valence-electron chi connectivity index (χ0n) is 19.5. The quantitative estimate of drug-likeness (QED) is 0.348. The Labute approximate surface area is 206 Å². The molecule has 0 aliphatic carbocycles. The lowest BCUT2D eigenvalue weighted by Gasteiger charge is -2.10. The Hall–Kier alpha value is -3.73. The van der Waals surface area contributed by atoms with Crippen molar-refractivity contribution in [3.8, 4) is 0 Å². The molecule has 9 nitrogen and oxygen atoms in total. The predicted octanol–water partition coefficient (Wildman–Crippen LogP) is 3.49. The summed E-state index contributed by atoms with van der Waals surface area (Å²) >= 11 is 1.25. The number of carbonyl (C=O) groups is 3. The van der Waals surface area contributed by atoms with Gasteiger partial charge in [-0.1, -0.05) is 36.9 Å². The SMILES string of the molecule is CCC(=O)Nc1cccc(NC(=O)CSc2nnc(CCNC(=O)c3ccccc3F)n2CC)c1. The summed E-state index contributed by atoms with van der Waals surface area (Å²) in [7, 11) is 0. The fraction of sp³-hybridized carbons (Fsp3) is 0.292. The van der Waals surface area contributed by atoms with Crippen LogP contribution in [0.3, 0.4) is 0 Å². The molecular weight excluding hydrogens is 471 g/mol. The molecule has 3 N–H and O–H groups in total. The Morgan fingerprint density at radius 2 is 1.69 bits per heavy atom. The molecule has 3 aromatic rings. The first-order chi connectivity index (χ1) is 16.9. The van der Waals surface area contributed by atoms with Crippen LogP contribution in [0.5, 0.6) is 0 Å². The van der Waals surface area contributed by atoms with Gasteiger partial charge < -0.3 is 20.5 Å². The van der Waals surface area contributed by atoms with Crippen molar-refractivity contribution in [1.82, 2.24) is 20.1 Å². The predicted molar refractivity (Wildman–Crippen MR) is 133 cm³/mol. The normalized spacial score (nSPS) is 10.6. The summed E-state index contributed by atoms with van der Waals surface area (Å²) in [6, 6.07) is 12.7. The molecule has 0 saturated heterocycles. The zero-order chi connectivity index (χ0) is 25.2. The van der Waals surface area contributed by atoms with Gasteiger partial charge in [-0.25, -0.2) is 4.39 Å². The van der Waals surface area contributed by atoms with Gasteiger partial charge in [-0.3, -0.25) is 14.4 Å². The molecule has 2 aromatic carbocycles. The number of benzene rings is 2. The highest BCUT2D eigenvalue weighted by Crippen LogP contribution is 2.19. The number of anilines is 2. The van der Waals surface area contributed by atoms with Crippen LogP contribution >= 0.6 is 11.8 Å². The van der Waals surface area contributed by atoms with Gasteiger partial charge in [-0.05, 0) is 37.3 Å². The second-order valence-electron chi connectivity index (χ2n) is 7.45. The van der Waals surface area contributed by atoms with E-state index in [1.165, 1.54) is 30.0 Å². The third-order valence-electron chi connectivity index (χ3n) is 4.95. The molecule has 11 heteroatoms. The molecular formula is C24H27FN6O3S. The van der Waals surface area contributed by atoms with Crippen molar-refractivity contribution in [3.05, 3.63) is 65.7 Å². The Kier molecular flexibility index (Phi) is 9.36. The number of rotatable bonds is 11. The maximum absolute atomic E-state index is 13.7. The van der Waals surface area contributed by atoms with Gasteiger partial charge in [0.1, 0.15) is 11.6 Å². The van der Waals surface area contributed by atoms with E-state index in [0.717, 1.165) is 0 Å². The van der Waals surface area contributed by atoms with E-state index in [4.69, 9.17) is 0 Å². The highest BCUT2D eigenvalue weighted by atomic mass is 32.2. The van der Waals surface area contributed by atoms with Crippen molar-refractivity contribution in [2.45, 2.75) is 38.4 Å². The molecule has 1 heterocycles. The molecule has 0 saturated carbocycles. The summed E-state index contributed by atoms with van der Waals surface area (Å²) in [6.07, 6.45) is 0.773. The summed E-state index contributed by atoms with van der Waals surface area (Å²) < 4.78 is 15.6. The second-order valence-corrected chi connectivity index (χ2v) is 8.39. The number of hydrogen-bond acceptors (Lipinski definition) is 6. The van der Waals surface area contributed by atoms with Crippen LogP contribution < -0.4 is 16.0 Å². The van der Waals surface area contributed by atoms with Crippen LogP contribution in [-0.2, 0) is 22.6 Å². The van der Waals surface area contributed by atoms with Crippen LogP contribution in [0.15, 0.2) is 53.7 Å². The molecule has 3 rings (SSSR count). The summed E-state index contributed by atoms with van der Waals surface area (Å²) in [5, 5.41) is 17.2. The third-order valence-corrected chi connectivity index (χ3v) is 5.91. The highest BCUT2D eigenvalue weighted by Gasteiger charge is 2.15. The maximum Gasteiger partial charge on any atom is 0.254 e. The molecule has 35 heavy (non-hydrogen) atoms. The van der Waals surface area contributed by atoms with E-state index in [1.807, 2.05) is 11.5 Å². The minimum absolute atomic E-state index is 0.00926. The zero-order valence-corrected chi connectivity index (χ0v) is 20.3. The molecule has 1 aromatic heterocycles. The van der Waals surface area contributed by atoms with Gasteiger partial charge in [0.05, 0.1) is 11.3 Å². The van der Waals surface area contributed by atoms with Crippen LogP contribution in [-0.4, -0.2) is 44.8 Å². The van der Waals surface area contributed by atoms with Gasteiger partial charge >= 0.3 is 0 Å². The fourth-order valence-corrected chi connectivity index (χ4v) is 4.03. The molecule has 0 fully saturated rings. The number of halogens is 1. The van der Waals surface area contributed by atoms with Crippen molar-refractivity contribution >= 4 is 40.9 Å². The Balaban J connectivity index is 1.51. The molecule has 3 amide bonds. The summed E-state index contributed by atoms with van der Waals surface area (Å²) in [5.74, 6) is -0.618. The van der Waals surface area contributed by atoms with E-state index in [-0.39, 0.29) is 29.7 Å². The number of hydrogen-bond donors (Lipinski definition) is 3. The molecule has 0 unspecified atom stereocenters. The lowest BCUT2D eigenvalue weighted by atomic mass is 10.2. The molecule has 0 aliphatic heterocycles. The Bertz CT molecular complexity index is 1200. The first kappa shape index (κ1) is 25.9. The van der Waals surface area contributed by atoms with Crippen molar-refractivity contribution < 1.29 is 18.8 Å². The van der Waals surface area contributed by atoms with E-state index in [9.17, 15) is 18.8 Å². The average molecular weight is 499 g/mol. The Morgan fingerprint density at radius 3 is 2.37 bits per heavy atom. The topological polar surface area (TPSA) is 118 Å². The summed E-state index contributed by atoms with van der Waals surface area (Å²) in [6.45, 7) is 4.56. The molecule has 184 valence electrons. The number of carbonyl (C=O) groups excluding carboxylic acids is 3. The van der Waals surface area contributed by atoms with Crippen LogP contribution in [0.1, 0.15) is 36.5 Å². The minimum Gasteiger partial charge on any atom is -0.351 e. The lowest BCUT2D eigenvalue weighted by molar-refractivity contribution is -0.116. The van der Waals surface area contributed by atoms with Crippen LogP contribution in [0.25, 0.3) is 0 Å². The average Bonchev–Trinajstić information content (AvgIpc) is 3.24. The van der Waals surface area contributed by atoms with Gasteiger partial charge in [-0.2, -0.15) is 0 Å². The Morgan fingerprint density at radius 1 is 0.971 bits per heavy atom. The fourth-order valence-electron chi connectivity index (χ4n) is 3.21. The van der Waals surface area contributed by atoms with Crippen molar-refractivity contribution in [2.75, 3.05) is 22.9 Å². The van der Waals surface area contributed by atoms with E-state index in [0.29, 0.717) is 41.7 Å². The molecule has 0 aliphatic rings. The van der Waals surface area contributed by atoms with Gasteiger partial charge in [-0.15, -0.1) is 10.2 Å². The number of thioether (sulfide) groups is 1. The van der Waals surface area contributed by atoms with E-state index in [2.05, 4.69) is 26.1 Å². The van der Waals surface area contributed by atoms with E-state index < -0.39 is 11.7 Å². The van der Waals surface area contributed by atoms with E-state index >= 15 is 0 Å². The largest absolute Gasteiger partial charge is 0.351 e. The van der Waals surface area contributed by atoms with Crippen LogP contribution in [0.4, 0.5) is 15.8 Å². The van der Waals surface area contributed by atoms with Crippen molar-refractivity contribution in [2.24, 2.45) is 0 Å². The molecule has 0 atom stereocenters. The summed E-state index contributed by atoms with van der Waals surface area (Å²) in [4.78, 5) is 36.2. The standard InChI is InChI=1S/C24H27FN6O3S/c1-3-21(32)27-16-8-7-9-17(14-16)28-22(33)15-35-24-30-29-20(31(24)4-2)12-13-26-23(34)18-10-5-6-11-19(18)25/h5-11,14H,3-4,12-13,15H2,1-2H3,(H,26,34)(H,27,32)(H,28,33). The first-order valence-corrected chi connectivity index (χ1v) is 12.2. The smallest absolute Gasteiger partial charge is 0.254 e. The lowest BCUT2D eigenvalue weighted by Crippen LogP contribution is -2.27. The third kappa shape index (κ3) is 7.38. The number of nitrogens with zero attached hydrogens (tertiary/aromatic N) is 3. The van der Waals surface area contributed by atoms with E-state index in [1.54, 1.807) is 37.3 Å². The first-order valence-electron chi connectivity index (χ1n) is 11.2. The second kappa shape index (κ2) is 12.7. The van der Waals surface area contributed by atoms with Crippen molar-refractivity contribution in [3.63, 3.8) is 0 Å². The van der Waals surface area contributed by atoms with Gasteiger partial charge in [0.15, 0.2) is 5.16 Å². The number of aromatic nitrogens is 3. The van der Waals surface area contributed by atoms with Gasteiger partial charge in [0.25, 0.3) is 5.91 Å². The monoisotopic (exact) mass is 498 g/mol. The molecule has 0 spiro atoms. The minimum atomic E-state index is -0.573. The van der Waals surface area contributed by atoms with Gasteiger partial charge in [0, 0.05) is 37.3 Å². The maximum atomic E-state index is 13.7. The van der Waals surface area contributed by atoms with Crippen molar-refractivity contribution in [1.29, 1.82) is 0 Å². The van der Waals surface area contributed by atoms with Gasteiger partial charge in [0.2, 0.25) is 11.8 Å². The molecule has 0 radical (unpaired) electrons. The highest BCUT2D eigenvalue weighted by molar-refractivity contribution is 7.99. The number of nitrogens with one attached hydrogen (secondary N) is 3. The summed E-state index contributed by atoms with van der Waals surface area (Å²) in [5.41, 5.74) is 1.18. The van der Waals surface area contributed by atoms with Crippen LogP contribution in [0.2, 0.25) is 0 Å².